The third kappa shape index (κ3) is 33.8. The van der Waals surface area contributed by atoms with Crippen LogP contribution in [0.2, 0.25) is 0 Å². The van der Waals surface area contributed by atoms with Gasteiger partial charge in [0.05, 0.1) is 50.4 Å². The number of carbonyl (C=O) groups is 14. The van der Waals surface area contributed by atoms with Gasteiger partial charge in [0, 0.05) is 65.9 Å². The lowest BCUT2D eigenvalue weighted by Gasteiger charge is -2.32. The average Bonchev–Trinajstić information content (AvgIpc) is 1.67. The number of carbonyl (C=O) groups excluding carboxylic acids is 14. The van der Waals surface area contributed by atoms with Crippen molar-refractivity contribution in [1.29, 1.82) is 0 Å². The second kappa shape index (κ2) is 46.3. The van der Waals surface area contributed by atoms with Crippen molar-refractivity contribution >= 4 is 81.0 Å². The van der Waals surface area contributed by atoms with Crippen molar-refractivity contribution in [3.8, 4) is 0 Å². The van der Waals surface area contributed by atoms with Crippen molar-refractivity contribution in [3.05, 3.63) is 250 Å². The Hall–Kier alpha value is -10.3. The summed E-state index contributed by atoms with van der Waals surface area (Å²) in [6.45, 7) is 31.0. The summed E-state index contributed by atoms with van der Waals surface area (Å²) < 4.78 is 35.1. The molecule has 0 radical (unpaired) electrons. The maximum Gasteiger partial charge on any atom is 0.450 e. The third-order valence-electron chi connectivity index (χ3n) is 21.9. The van der Waals surface area contributed by atoms with Gasteiger partial charge in [0.1, 0.15) is 34.7 Å². The van der Waals surface area contributed by atoms with E-state index in [4.69, 9.17) is 0 Å². The molecule has 0 unspecified atom stereocenters. The van der Waals surface area contributed by atoms with E-state index in [0.717, 1.165) is 99.3 Å². The van der Waals surface area contributed by atoms with Crippen LogP contribution in [0.5, 0.6) is 0 Å². The van der Waals surface area contributed by atoms with E-state index in [1.807, 2.05) is 194 Å². The Morgan fingerprint density at radius 1 is 0.277 bits per heavy atom. The molecule has 0 N–H and O–H groups in total. The Labute approximate surface area is 703 Å². The van der Waals surface area contributed by atoms with Crippen LogP contribution >= 0.6 is 0 Å². The summed E-state index contributed by atoms with van der Waals surface area (Å²) in [7, 11) is 0. The molecule has 3 aliphatic carbocycles. The largest absolute Gasteiger partial charge is 0.450 e. The van der Waals surface area contributed by atoms with Gasteiger partial charge >= 0.3 is 6.18 Å². The van der Waals surface area contributed by atoms with Gasteiger partial charge in [-0.05, 0) is 76.0 Å². The van der Waals surface area contributed by atoms with Crippen LogP contribution in [0.4, 0.5) is 13.2 Å². The molecule has 638 valence electrons. The molecule has 0 aromatic heterocycles. The zero-order chi connectivity index (χ0) is 89.3. The van der Waals surface area contributed by atoms with E-state index < -0.39 is 45.8 Å². The van der Waals surface area contributed by atoms with Crippen molar-refractivity contribution in [2.24, 2.45) is 32.5 Å². The summed E-state index contributed by atoms with van der Waals surface area (Å²) in [5.41, 5.74) is 4.74. The molecular weight excluding hydrogens is 1510 g/mol. The van der Waals surface area contributed by atoms with E-state index in [2.05, 4.69) is 0 Å². The quantitative estimate of drug-likeness (QED) is 0.0404. The molecule has 0 atom stereocenters. The Kier molecular flexibility index (Phi) is 39.3. The Bertz CT molecular complexity index is 4470. The number of ketones is 14. The maximum absolute atomic E-state index is 12.9. The van der Waals surface area contributed by atoms with E-state index in [-0.39, 0.29) is 124 Å². The van der Waals surface area contributed by atoms with Crippen LogP contribution in [0.3, 0.4) is 0 Å². The Balaban J connectivity index is 0.000000294. The van der Waals surface area contributed by atoms with E-state index in [1.165, 1.54) is 33.6 Å². The topological polar surface area (TPSA) is 239 Å². The Morgan fingerprint density at radius 2 is 0.521 bits per heavy atom. The lowest BCUT2D eigenvalue weighted by Crippen LogP contribution is -2.34. The minimum absolute atomic E-state index is 0.00108. The van der Waals surface area contributed by atoms with Crippen molar-refractivity contribution in [2.75, 3.05) is 0 Å². The lowest BCUT2D eigenvalue weighted by atomic mass is 9.70. The van der Waals surface area contributed by atoms with Crippen LogP contribution in [0.25, 0.3) is 0 Å². The smallest absolute Gasteiger partial charge is 0.299 e. The first-order valence-corrected chi connectivity index (χ1v) is 41.4. The summed E-state index contributed by atoms with van der Waals surface area (Å²) in [4.78, 5) is 166. The van der Waals surface area contributed by atoms with Crippen LogP contribution < -0.4 is 0 Å². The van der Waals surface area contributed by atoms with E-state index in [9.17, 15) is 80.3 Å². The summed E-state index contributed by atoms with van der Waals surface area (Å²) in [5.74, 6) is -2.84. The van der Waals surface area contributed by atoms with Crippen molar-refractivity contribution in [3.63, 3.8) is 0 Å². The van der Waals surface area contributed by atoms with Gasteiger partial charge in [-0.25, -0.2) is 0 Å². The van der Waals surface area contributed by atoms with Crippen molar-refractivity contribution in [1.82, 2.24) is 0 Å². The Morgan fingerprint density at radius 3 is 0.824 bits per heavy atom. The van der Waals surface area contributed by atoms with Crippen LogP contribution in [0.15, 0.2) is 194 Å². The van der Waals surface area contributed by atoms with Gasteiger partial charge in [0.25, 0.3) is 0 Å². The average molecular weight is 1630 g/mol. The zero-order valence-corrected chi connectivity index (χ0v) is 73.2. The van der Waals surface area contributed by atoms with Crippen LogP contribution in [-0.4, -0.2) is 87.1 Å². The van der Waals surface area contributed by atoms with E-state index in [1.54, 1.807) is 97.1 Å². The lowest BCUT2D eigenvalue weighted by molar-refractivity contribution is -0.172. The van der Waals surface area contributed by atoms with Gasteiger partial charge in [0.2, 0.25) is 5.78 Å². The number of benzene rings is 7. The molecule has 7 aromatic rings. The van der Waals surface area contributed by atoms with Gasteiger partial charge < -0.3 is 0 Å². The molecule has 17 heteroatoms. The van der Waals surface area contributed by atoms with Gasteiger partial charge in [-0.15, -0.1) is 0 Å². The summed E-state index contributed by atoms with van der Waals surface area (Å²) in [6.07, 6.45) is 8.70. The highest BCUT2D eigenvalue weighted by Crippen LogP contribution is 2.44. The van der Waals surface area contributed by atoms with Gasteiger partial charge in [-0.1, -0.05) is 348 Å². The second-order valence-electron chi connectivity index (χ2n) is 36.2. The van der Waals surface area contributed by atoms with Crippen LogP contribution in [-0.2, 0) is 43.8 Å². The molecule has 10 rings (SSSR count). The first-order valence-electron chi connectivity index (χ1n) is 41.4. The number of hydrogen-bond donors (Lipinski definition) is 0. The van der Waals surface area contributed by atoms with Crippen LogP contribution in [0.1, 0.15) is 316 Å². The standard InChI is InChI=1S/C20H20O2.C16H20O2.C16H22O2.C15H12O2.C14H24O2.C13H16O2.C8H11F3O2/c21-18(16-9-3-1-4-10-16)15-19(22)20(13-7-8-14-20)17-11-5-2-6-12-17;1-16(10-6-3-7-11-16)15(18)12-14(17)13-8-4-2-5-9-13;1-10-7-11(2)15(12(3)8-10)13(17)9-14(18)16(4,5)6;16-14(12-7-3-1-4-8-12)11-15(17)13-9-5-2-6-10-13;1-13(2,3)11(15)10-12(16)14(4)8-6-5-7-9-14;1-13(2,3)12(15)9-11(14)10-7-5-4-6-8-10;1-7(2,3)5(12)4-6(13)8(9,10)11/h1-6,9-12H,7-8,13-15H2;2,4-5,8-9H,3,6-7,10-12H2,1H3;7-8H,9H2,1-6H3;1-10H,11H2;5-10H2,1-4H3;4-8H,9H2,1-3H3;4H2,1-3H3. The first-order chi connectivity index (χ1) is 55.4. The molecule has 0 amide bonds. The molecular formula is C102H125F3O14. The highest BCUT2D eigenvalue weighted by Gasteiger charge is 2.44. The fraction of sp³-hybridized carbons (Fsp3) is 0.451. The van der Waals surface area contributed by atoms with Crippen LogP contribution in [0, 0.1) is 53.3 Å². The fourth-order valence-electron chi connectivity index (χ4n) is 13.8. The van der Waals surface area contributed by atoms with E-state index >= 15 is 0 Å². The molecule has 0 heterocycles. The molecule has 14 nitrogen and oxygen atoms in total. The molecule has 119 heavy (non-hydrogen) atoms. The normalized spacial score (nSPS) is 14.5. The molecule has 0 saturated heterocycles. The SMILES string of the molecule is CC(C)(C)C(=O)CC(=O)C(F)(F)F.CC(C)(C)C(=O)CC(=O)C1(C)CCCCC1.CC(C)(C)C(=O)CC(=O)c1ccccc1.CC1(C(=O)CC(=O)c2ccccc2)CCCCC1.Cc1cc(C)c(C(=O)CC(=O)C(C)(C)C)c(C)c1.O=C(CC(=O)C1(c2ccccc2)CCCC1)c1ccccc1.O=C(CC(=O)c1ccccc1)c1ccccc1. The summed E-state index contributed by atoms with van der Waals surface area (Å²) >= 11 is 0. The van der Waals surface area contributed by atoms with Crippen molar-refractivity contribution < 1.29 is 80.3 Å². The molecule has 0 spiro atoms. The molecule has 0 aliphatic heterocycles. The molecule has 7 aromatic carbocycles. The molecule has 3 saturated carbocycles. The number of Topliss-reactive ketones (excluding diaryl/α,β-unsaturated/α-hetero) is 14. The molecule has 3 aliphatic rings. The summed E-state index contributed by atoms with van der Waals surface area (Å²) in [6, 6.07) is 58.8. The highest BCUT2D eigenvalue weighted by molar-refractivity contribution is 6.15. The van der Waals surface area contributed by atoms with Gasteiger partial charge in [-0.3, -0.25) is 67.1 Å². The van der Waals surface area contributed by atoms with Gasteiger partial charge in [-0.2, -0.15) is 13.2 Å². The number of halogens is 3. The minimum Gasteiger partial charge on any atom is -0.299 e. The predicted molar refractivity (Wildman–Crippen MR) is 464 cm³/mol. The number of aryl methyl sites for hydroxylation is 3. The second-order valence-corrected chi connectivity index (χ2v) is 36.2. The number of hydrogen-bond acceptors (Lipinski definition) is 14. The van der Waals surface area contributed by atoms with Crippen molar-refractivity contribution in [2.45, 2.75) is 264 Å². The fourth-order valence-corrected chi connectivity index (χ4v) is 13.8. The highest BCUT2D eigenvalue weighted by atomic mass is 19.4. The van der Waals surface area contributed by atoms with E-state index in [0.29, 0.717) is 33.4 Å². The maximum atomic E-state index is 12.9. The zero-order valence-electron chi connectivity index (χ0n) is 73.2. The number of alkyl halides is 3. The molecule has 0 bridgehead atoms. The first kappa shape index (κ1) is 101. The summed E-state index contributed by atoms with van der Waals surface area (Å²) in [5, 5.41) is 0. The third-order valence-corrected chi connectivity index (χ3v) is 21.9. The minimum atomic E-state index is -4.90. The van der Waals surface area contributed by atoms with Gasteiger partial charge in [0.15, 0.2) is 40.5 Å². The monoisotopic (exact) mass is 1630 g/mol. The molecule has 3 fully saturated rings. The number of rotatable bonds is 24. The predicted octanol–water partition coefficient (Wildman–Crippen LogP) is 23.6.